The predicted octanol–water partition coefficient (Wildman–Crippen LogP) is 3.34. The number of rotatable bonds is 6. The molecule has 2 aromatic rings. The van der Waals surface area contributed by atoms with Crippen LogP contribution in [0.15, 0.2) is 41.0 Å². The third-order valence-corrected chi connectivity index (χ3v) is 5.52. The Morgan fingerprint density at radius 3 is 2.73 bits per heavy atom. The topological polar surface area (TPSA) is 66.1 Å². The number of aliphatic hydroxyl groups excluding tert-OH is 1. The van der Waals surface area contributed by atoms with Crippen LogP contribution in [-0.4, -0.2) is 45.7 Å². The minimum atomic E-state index is -1.62. The lowest BCUT2D eigenvalue weighted by molar-refractivity contribution is -0.114. The van der Waals surface area contributed by atoms with E-state index >= 15 is 0 Å². The fraction of sp³-hybridized carbons (Fsp3) is 0.389. The molecule has 3 atom stereocenters. The molecule has 1 aromatic heterocycles. The number of hydrazine groups is 1. The van der Waals surface area contributed by atoms with Gasteiger partial charge in [0.2, 0.25) is 0 Å². The number of furan rings is 1. The standard InChI is InChI=1S/C18H20Cl2N2O4/c1-3-21-17(24)18(19,11-23)16(22(21)20)13-7-4-6-12(14(13)10-25-2)15-8-5-9-26-15/h4-9,11,16-17,24H,3,10H2,1-2H3. The summed E-state index contributed by atoms with van der Waals surface area (Å²) in [5, 5.41) is 12.0. The van der Waals surface area contributed by atoms with E-state index < -0.39 is 17.1 Å². The highest BCUT2D eigenvalue weighted by Crippen LogP contribution is 2.49. The highest BCUT2D eigenvalue weighted by molar-refractivity contribution is 6.33. The van der Waals surface area contributed by atoms with Crippen LogP contribution >= 0.6 is 23.4 Å². The summed E-state index contributed by atoms with van der Waals surface area (Å²) in [6.07, 6.45) is 0.879. The second-order valence-electron chi connectivity index (χ2n) is 6.05. The van der Waals surface area contributed by atoms with E-state index in [2.05, 4.69) is 0 Å². The van der Waals surface area contributed by atoms with Gasteiger partial charge in [0.15, 0.2) is 4.87 Å². The number of carbonyl (C=O) groups excluding carboxylic acids is 1. The molecule has 26 heavy (non-hydrogen) atoms. The van der Waals surface area contributed by atoms with E-state index in [1.54, 1.807) is 19.4 Å². The van der Waals surface area contributed by atoms with Crippen molar-refractivity contribution in [1.82, 2.24) is 9.54 Å². The van der Waals surface area contributed by atoms with E-state index in [-0.39, 0.29) is 6.61 Å². The molecule has 1 aliphatic rings. The molecule has 0 radical (unpaired) electrons. The number of halogens is 2. The molecule has 1 saturated heterocycles. The van der Waals surface area contributed by atoms with Crippen LogP contribution in [-0.2, 0) is 16.1 Å². The maximum atomic E-state index is 11.9. The first kappa shape index (κ1) is 19.4. The number of ether oxygens (including phenoxy) is 1. The van der Waals surface area contributed by atoms with Crippen LogP contribution in [0.1, 0.15) is 24.1 Å². The Labute approximate surface area is 161 Å². The van der Waals surface area contributed by atoms with Crippen LogP contribution in [0.4, 0.5) is 0 Å². The van der Waals surface area contributed by atoms with Crippen molar-refractivity contribution in [3.05, 3.63) is 47.7 Å². The molecule has 1 N–H and O–H groups in total. The number of nitrogens with zero attached hydrogens (tertiary/aromatic N) is 2. The van der Waals surface area contributed by atoms with E-state index in [9.17, 15) is 9.90 Å². The van der Waals surface area contributed by atoms with Crippen LogP contribution < -0.4 is 0 Å². The Bertz CT molecular complexity index is 771. The molecule has 2 heterocycles. The van der Waals surface area contributed by atoms with Crippen molar-refractivity contribution in [2.75, 3.05) is 13.7 Å². The van der Waals surface area contributed by atoms with Gasteiger partial charge in [0.1, 0.15) is 18.3 Å². The monoisotopic (exact) mass is 398 g/mol. The van der Waals surface area contributed by atoms with Gasteiger partial charge >= 0.3 is 0 Å². The van der Waals surface area contributed by atoms with Gasteiger partial charge in [-0.05, 0) is 35.0 Å². The molecule has 1 aromatic carbocycles. The van der Waals surface area contributed by atoms with Gasteiger partial charge in [0.25, 0.3) is 0 Å². The normalized spacial score (nSPS) is 27.1. The molecule has 0 saturated carbocycles. The molecule has 3 unspecified atom stereocenters. The Morgan fingerprint density at radius 2 is 2.15 bits per heavy atom. The van der Waals surface area contributed by atoms with Gasteiger partial charge in [0.05, 0.1) is 18.9 Å². The zero-order chi connectivity index (χ0) is 18.9. The van der Waals surface area contributed by atoms with Gasteiger partial charge in [-0.3, -0.25) is 0 Å². The third-order valence-electron chi connectivity index (χ3n) is 4.64. The SMILES string of the molecule is CCN1C(O)C(Cl)(C=O)C(c2cccc(-c3ccco3)c2COC)N1Cl. The minimum absolute atomic E-state index is 0.265. The number of benzene rings is 1. The maximum Gasteiger partial charge on any atom is 0.162 e. The number of aliphatic hydroxyl groups is 1. The number of hydrogen-bond acceptors (Lipinski definition) is 6. The van der Waals surface area contributed by atoms with Gasteiger partial charge < -0.3 is 19.1 Å². The summed E-state index contributed by atoms with van der Waals surface area (Å²) < 4.78 is 12.2. The maximum absolute atomic E-state index is 11.9. The van der Waals surface area contributed by atoms with Crippen molar-refractivity contribution in [2.45, 2.75) is 30.7 Å². The fourth-order valence-corrected chi connectivity index (χ4v) is 4.23. The summed E-state index contributed by atoms with van der Waals surface area (Å²) in [5.41, 5.74) is 2.29. The van der Waals surface area contributed by atoms with Crippen molar-refractivity contribution < 1.29 is 19.1 Å². The van der Waals surface area contributed by atoms with E-state index in [0.29, 0.717) is 24.2 Å². The second kappa shape index (κ2) is 7.68. The first-order valence-electron chi connectivity index (χ1n) is 8.19. The van der Waals surface area contributed by atoms with Crippen molar-refractivity contribution in [2.24, 2.45) is 0 Å². The molecule has 140 valence electrons. The summed E-state index contributed by atoms with van der Waals surface area (Å²) in [5.74, 6) is 0.664. The van der Waals surface area contributed by atoms with Gasteiger partial charge in [-0.1, -0.05) is 25.1 Å². The largest absolute Gasteiger partial charge is 0.464 e. The summed E-state index contributed by atoms with van der Waals surface area (Å²) in [7, 11) is 1.58. The molecular formula is C18H20Cl2N2O4. The van der Waals surface area contributed by atoms with Gasteiger partial charge in [-0.15, -0.1) is 16.1 Å². The van der Waals surface area contributed by atoms with E-state index in [0.717, 1.165) is 11.1 Å². The predicted molar refractivity (Wildman–Crippen MR) is 98.3 cm³/mol. The molecule has 1 aliphatic heterocycles. The minimum Gasteiger partial charge on any atom is -0.464 e. The number of hydrogen-bond donors (Lipinski definition) is 1. The molecule has 8 heteroatoms. The van der Waals surface area contributed by atoms with E-state index in [4.69, 9.17) is 32.5 Å². The first-order valence-corrected chi connectivity index (χ1v) is 8.90. The Hall–Kier alpha value is -1.41. The number of aldehydes is 1. The number of carbonyl (C=O) groups is 1. The van der Waals surface area contributed by atoms with Crippen molar-refractivity contribution in [3.63, 3.8) is 0 Å². The molecule has 6 nitrogen and oxygen atoms in total. The average molecular weight is 399 g/mol. The molecule has 0 spiro atoms. The van der Waals surface area contributed by atoms with Crippen LogP contribution in [0.2, 0.25) is 0 Å². The third kappa shape index (κ3) is 2.97. The zero-order valence-corrected chi connectivity index (χ0v) is 15.9. The summed E-state index contributed by atoms with van der Waals surface area (Å²) >= 11 is 13.1. The van der Waals surface area contributed by atoms with Gasteiger partial charge in [-0.2, -0.15) is 5.01 Å². The fourth-order valence-electron chi connectivity index (χ4n) is 3.40. The lowest BCUT2D eigenvalue weighted by atomic mass is 9.88. The molecule has 1 fully saturated rings. The highest BCUT2D eigenvalue weighted by Gasteiger charge is 2.58. The van der Waals surface area contributed by atoms with Crippen LogP contribution in [0.5, 0.6) is 0 Å². The van der Waals surface area contributed by atoms with Gasteiger partial charge in [0, 0.05) is 19.2 Å². The van der Waals surface area contributed by atoms with Crippen LogP contribution in [0.25, 0.3) is 11.3 Å². The van der Waals surface area contributed by atoms with Crippen LogP contribution in [0.3, 0.4) is 0 Å². The number of methoxy groups -OCH3 is 1. The molecule has 0 bridgehead atoms. The van der Waals surface area contributed by atoms with E-state index in [1.165, 1.54) is 9.54 Å². The molecular weight excluding hydrogens is 379 g/mol. The van der Waals surface area contributed by atoms with Crippen molar-refractivity contribution >= 4 is 29.7 Å². The zero-order valence-electron chi connectivity index (χ0n) is 14.4. The lowest BCUT2D eigenvalue weighted by Crippen LogP contribution is -2.43. The number of alkyl halides is 1. The quantitative estimate of drug-likeness (QED) is 0.457. The Kier molecular flexibility index (Phi) is 5.72. The highest BCUT2D eigenvalue weighted by atomic mass is 35.5. The smallest absolute Gasteiger partial charge is 0.162 e. The van der Waals surface area contributed by atoms with Crippen molar-refractivity contribution in [3.8, 4) is 11.3 Å². The molecule has 0 amide bonds. The van der Waals surface area contributed by atoms with E-state index in [1.807, 2.05) is 31.2 Å². The average Bonchev–Trinajstić information content (AvgIpc) is 3.23. The van der Waals surface area contributed by atoms with Crippen molar-refractivity contribution in [1.29, 1.82) is 0 Å². The first-order chi connectivity index (χ1) is 12.5. The summed E-state index contributed by atoms with van der Waals surface area (Å²) in [6.45, 7) is 2.47. The molecule has 3 rings (SSSR count). The van der Waals surface area contributed by atoms with Gasteiger partial charge in [-0.25, -0.2) is 0 Å². The lowest BCUT2D eigenvalue weighted by Gasteiger charge is -2.28. The summed E-state index contributed by atoms with van der Waals surface area (Å²) in [6, 6.07) is 8.41. The Balaban J connectivity index is 2.19. The van der Waals surface area contributed by atoms with Crippen LogP contribution in [0, 0.1) is 0 Å². The Morgan fingerprint density at radius 1 is 1.38 bits per heavy atom. The summed E-state index contributed by atoms with van der Waals surface area (Å²) in [4.78, 5) is 10.2. The molecule has 0 aliphatic carbocycles. The second-order valence-corrected chi connectivity index (χ2v) is 7.05.